The highest BCUT2D eigenvalue weighted by atomic mass is 16.5. The van der Waals surface area contributed by atoms with Crippen LogP contribution in [0.4, 0.5) is 0 Å². The van der Waals surface area contributed by atoms with Gasteiger partial charge in [-0.05, 0) is 51.1 Å². The molecule has 0 heterocycles. The van der Waals surface area contributed by atoms with Crippen molar-refractivity contribution in [2.75, 3.05) is 0 Å². The van der Waals surface area contributed by atoms with Gasteiger partial charge < -0.3 is 30.3 Å². The van der Waals surface area contributed by atoms with Gasteiger partial charge in [-0.2, -0.15) is 0 Å². The van der Waals surface area contributed by atoms with Crippen LogP contribution >= 0.6 is 0 Å². The van der Waals surface area contributed by atoms with Gasteiger partial charge in [-0.3, -0.25) is 28.8 Å². The van der Waals surface area contributed by atoms with Gasteiger partial charge in [0.1, 0.15) is 40.1 Å². The Morgan fingerprint density at radius 1 is 0.348 bits per heavy atom. The fourth-order valence-corrected chi connectivity index (χ4v) is 4.95. The number of phenolic OH excluding ortho intramolecular Hbond substituents is 5. The fourth-order valence-electron chi connectivity index (χ4n) is 4.95. The molecule has 0 radical (unpaired) electrons. The van der Waals surface area contributed by atoms with Gasteiger partial charge in [-0.15, -0.1) is 0 Å². The third-order valence-electron chi connectivity index (χ3n) is 8.67. The summed E-state index contributed by atoms with van der Waals surface area (Å²) in [6, 6.07) is 9.25. The molecule has 3 aromatic carbocycles. The van der Waals surface area contributed by atoms with Crippen molar-refractivity contribution in [2.45, 2.75) is 166 Å². The van der Waals surface area contributed by atoms with Gasteiger partial charge in [0.15, 0.2) is 28.9 Å². The number of Topliss-reactive ketones (excluding diaryl/α,β-unsaturated/α-hetero) is 5. The van der Waals surface area contributed by atoms with Gasteiger partial charge >= 0.3 is 5.97 Å². The van der Waals surface area contributed by atoms with Gasteiger partial charge in [0.2, 0.25) is 0 Å². The van der Waals surface area contributed by atoms with Crippen molar-refractivity contribution >= 4 is 34.9 Å². The molecule has 0 fully saturated rings. The Hall–Kier alpha value is -5.52. The fraction of sp³-hybridized carbons (Fsp3) is 0.556. The molecule has 0 aliphatic carbocycles. The third-order valence-corrected chi connectivity index (χ3v) is 8.67. The summed E-state index contributed by atoms with van der Waals surface area (Å²) >= 11 is 0. The molecule has 0 aromatic heterocycles. The summed E-state index contributed by atoms with van der Waals surface area (Å²) in [5.41, 5.74) is -3.81. The SMILES string of the molecule is CC.CC.CC.CC(C)(C)C(=O)Oc1ccc(C(=O)C(C)(C)C)c(O)c1.CC(C)(C)C(=O)c1cc(C(=O)C(C)(C)C)c(O)cc1O.CC(C)(C)C(=O)c1ccc(O)c(C(=O)C(C)(C)C)c1O. The Balaban J connectivity index is -0.000000851. The van der Waals surface area contributed by atoms with Crippen LogP contribution in [0, 0.1) is 32.5 Å². The highest BCUT2D eigenvalue weighted by Gasteiger charge is 2.34. The maximum Gasteiger partial charge on any atom is 0.316 e. The van der Waals surface area contributed by atoms with Crippen molar-refractivity contribution in [3.63, 3.8) is 0 Å². The summed E-state index contributed by atoms with van der Waals surface area (Å²) in [4.78, 5) is 73.0. The van der Waals surface area contributed by atoms with E-state index in [1.54, 1.807) is 125 Å². The number of hydrogen-bond donors (Lipinski definition) is 5. The van der Waals surface area contributed by atoms with Crippen molar-refractivity contribution in [1.82, 2.24) is 0 Å². The lowest BCUT2D eigenvalue weighted by molar-refractivity contribution is -0.143. The zero-order chi connectivity index (χ0) is 53.5. The molecule has 372 valence electrons. The van der Waals surface area contributed by atoms with E-state index in [1.165, 1.54) is 36.4 Å². The second-order valence-corrected chi connectivity index (χ2v) is 21.0. The van der Waals surface area contributed by atoms with Gasteiger partial charge in [-0.25, -0.2) is 0 Å². The maximum absolute atomic E-state index is 12.3. The molecule has 0 atom stereocenters. The third kappa shape index (κ3) is 19.1. The maximum atomic E-state index is 12.3. The van der Waals surface area contributed by atoms with E-state index in [0.29, 0.717) is 0 Å². The average molecular weight is 925 g/mol. The molecule has 0 saturated heterocycles. The Kier molecular flexibility index (Phi) is 24.9. The van der Waals surface area contributed by atoms with Crippen LogP contribution in [0.2, 0.25) is 0 Å². The summed E-state index contributed by atoms with van der Waals surface area (Å²) in [5, 5.41) is 49.7. The molecule has 0 unspecified atom stereocenters. The first-order valence-electron chi connectivity index (χ1n) is 22.6. The predicted octanol–water partition coefficient (Wildman–Crippen LogP) is 13.8. The summed E-state index contributed by atoms with van der Waals surface area (Å²) in [5.74, 6) is -3.13. The van der Waals surface area contributed by atoms with Crippen LogP contribution in [-0.4, -0.2) is 60.4 Å². The van der Waals surface area contributed by atoms with Crippen molar-refractivity contribution in [1.29, 1.82) is 0 Å². The van der Waals surface area contributed by atoms with E-state index in [2.05, 4.69) is 0 Å². The van der Waals surface area contributed by atoms with Gasteiger partial charge in [0.05, 0.1) is 27.7 Å². The molecule has 3 rings (SSSR count). The number of phenols is 5. The largest absolute Gasteiger partial charge is 0.507 e. The first kappa shape index (κ1) is 64.8. The number of hydrogen-bond acceptors (Lipinski definition) is 12. The summed E-state index contributed by atoms with van der Waals surface area (Å²) in [7, 11) is 0. The summed E-state index contributed by atoms with van der Waals surface area (Å²) in [6.07, 6.45) is 0. The van der Waals surface area contributed by atoms with Crippen LogP contribution in [0.1, 0.15) is 218 Å². The first-order valence-corrected chi connectivity index (χ1v) is 22.6. The zero-order valence-electron chi connectivity index (χ0n) is 44.6. The Morgan fingerprint density at radius 2 is 0.652 bits per heavy atom. The minimum atomic E-state index is -0.766. The number of ketones is 5. The predicted molar refractivity (Wildman–Crippen MR) is 266 cm³/mol. The van der Waals surface area contributed by atoms with Gasteiger partial charge in [0.25, 0.3) is 0 Å². The standard InChI is InChI=1S/3C16H22O4.3C2H6/c1-15(2,3)13(19)9-7-10(12(18)8-11(9)17)14(20)16(4,5)6;1-15(2,3)13(18)11-8-7-10(9-12(11)17)20-14(19)16(4,5)6;1-15(2,3)13(19)9-7-8-10(17)11(12(9)18)14(20)16(4,5)6;3*1-2/h7-8,17-18H,1-6H3;7-9,17H,1-6H3;7-8,17-18H,1-6H3;3*1-2H3. The first-order chi connectivity index (χ1) is 29.6. The van der Waals surface area contributed by atoms with Crippen molar-refractivity contribution < 1.29 is 59.0 Å². The number of aromatic hydroxyl groups is 5. The molecule has 12 nitrogen and oxygen atoms in total. The monoisotopic (exact) mass is 925 g/mol. The highest BCUT2D eigenvalue weighted by Crippen LogP contribution is 2.39. The Morgan fingerprint density at radius 3 is 0.970 bits per heavy atom. The van der Waals surface area contributed by atoms with E-state index in [9.17, 15) is 54.3 Å². The van der Waals surface area contributed by atoms with Crippen LogP contribution in [0.3, 0.4) is 0 Å². The smallest absolute Gasteiger partial charge is 0.316 e. The lowest BCUT2D eigenvalue weighted by Crippen LogP contribution is -2.25. The molecule has 0 bridgehead atoms. The number of rotatable bonds is 6. The lowest BCUT2D eigenvalue weighted by atomic mass is 9.82. The molecular formula is C54H84O12. The van der Waals surface area contributed by atoms with E-state index in [4.69, 9.17) is 4.74 Å². The van der Waals surface area contributed by atoms with E-state index >= 15 is 0 Å². The number of carbonyl (C=O) groups is 6. The molecular weight excluding hydrogens is 841 g/mol. The minimum absolute atomic E-state index is 0.0582. The number of benzene rings is 3. The zero-order valence-corrected chi connectivity index (χ0v) is 44.6. The van der Waals surface area contributed by atoms with Crippen LogP contribution in [-0.2, 0) is 4.79 Å². The number of ether oxygens (including phenoxy) is 1. The van der Waals surface area contributed by atoms with E-state index in [-0.39, 0.29) is 79.7 Å². The molecule has 0 amide bonds. The summed E-state index contributed by atoms with van der Waals surface area (Å²) in [6.45, 7) is 43.2. The molecule has 3 aromatic rings. The molecule has 66 heavy (non-hydrogen) atoms. The molecule has 5 N–H and O–H groups in total. The van der Waals surface area contributed by atoms with Crippen LogP contribution in [0.5, 0.6) is 34.5 Å². The van der Waals surface area contributed by atoms with Gasteiger partial charge in [0, 0.05) is 39.2 Å². The highest BCUT2D eigenvalue weighted by molar-refractivity contribution is 6.10. The molecule has 0 aliphatic rings. The van der Waals surface area contributed by atoms with Crippen molar-refractivity contribution in [3.8, 4) is 34.5 Å². The average Bonchev–Trinajstić information content (AvgIpc) is 3.18. The van der Waals surface area contributed by atoms with Crippen LogP contribution in [0.25, 0.3) is 0 Å². The second-order valence-electron chi connectivity index (χ2n) is 21.0. The van der Waals surface area contributed by atoms with E-state index < -0.39 is 50.0 Å². The van der Waals surface area contributed by atoms with Crippen molar-refractivity contribution in [3.05, 3.63) is 70.3 Å². The topological polar surface area (TPSA) is 213 Å². The molecule has 0 spiro atoms. The molecule has 0 aliphatic heterocycles. The number of carbonyl (C=O) groups excluding carboxylic acids is 6. The second kappa shape index (κ2) is 25.4. The Labute approximate surface area is 396 Å². The van der Waals surface area contributed by atoms with Crippen LogP contribution < -0.4 is 4.74 Å². The molecule has 0 saturated carbocycles. The number of esters is 1. The van der Waals surface area contributed by atoms with E-state index in [1.807, 2.05) is 41.5 Å². The van der Waals surface area contributed by atoms with Crippen LogP contribution in [0.15, 0.2) is 42.5 Å². The Bertz CT molecular complexity index is 2050. The quantitative estimate of drug-likeness (QED) is 0.0887. The molecule has 12 heteroatoms. The minimum Gasteiger partial charge on any atom is -0.507 e. The lowest BCUT2D eigenvalue weighted by Gasteiger charge is -2.21. The van der Waals surface area contributed by atoms with Gasteiger partial charge in [-0.1, -0.05) is 145 Å². The normalized spacial score (nSPS) is 11.4. The summed E-state index contributed by atoms with van der Waals surface area (Å²) < 4.78 is 5.17. The van der Waals surface area contributed by atoms with Crippen molar-refractivity contribution in [2.24, 2.45) is 32.5 Å². The van der Waals surface area contributed by atoms with E-state index in [0.717, 1.165) is 6.07 Å².